The highest BCUT2D eigenvalue weighted by molar-refractivity contribution is 5.75. The minimum atomic E-state index is -0.0364. The molecule has 0 unspecified atom stereocenters. The first-order chi connectivity index (χ1) is 15.0. The molecule has 0 spiro atoms. The van der Waals surface area contributed by atoms with Crippen LogP contribution >= 0.6 is 0 Å². The molecule has 2 heterocycles. The minimum Gasteiger partial charge on any atom is -0.491 e. The van der Waals surface area contributed by atoms with E-state index >= 15 is 0 Å². The van der Waals surface area contributed by atoms with Crippen LogP contribution in [0.15, 0.2) is 48.5 Å². The molecule has 1 saturated heterocycles. The van der Waals surface area contributed by atoms with E-state index in [1.165, 1.54) is 11.3 Å². The van der Waals surface area contributed by atoms with E-state index in [1.54, 1.807) is 0 Å². The summed E-state index contributed by atoms with van der Waals surface area (Å²) in [7, 11) is 2.17. The van der Waals surface area contributed by atoms with Crippen LogP contribution in [0.3, 0.4) is 0 Å². The molecule has 0 aliphatic carbocycles. The minimum absolute atomic E-state index is 0.0343. The third kappa shape index (κ3) is 5.13. The maximum absolute atomic E-state index is 13.1. The number of amides is 2. The lowest BCUT2D eigenvalue weighted by Crippen LogP contribution is -2.51. The van der Waals surface area contributed by atoms with Crippen molar-refractivity contribution in [1.29, 1.82) is 0 Å². The third-order valence-electron chi connectivity index (χ3n) is 6.25. The van der Waals surface area contributed by atoms with Crippen molar-refractivity contribution in [3.8, 4) is 5.75 Å². The van der Waals surface area contributed by atoms with Gasteiger partial charge in [0.2, 0.25) is 0 Å². The third-order valence-corrected chi connectivity index (χ3v) is 6.25. The van der Waals surface area contributed by atoms with E-state index in [2.05, 4.69) is 60.3 Å². The number of urea groups is 1. The SMILES string of the molecule is CC(C)N(Cc1ccccc1)C(=O)N[C@@H]1COc2cccc(N3CCN(C)CC3)c2C1. The van der Waals surface area contributed by atoms with Crippen LogP contribution in [0.4, 0.5) is 10.5 Å². The molecule has 6 nitrogen and oxygen atoms in total. The number of anilines is 1. The van der Waals surface area contributed by atoms with E-state index in [1.807, 2.05) is 29.2 Å². The van der Waals surface area contributed by atoms with Gasteiger partial charge < -0.3 is 24.8 Å². The van der Waals surface area contributed by atoms with Gasteiger partial charge in [-0.1, -0.05) is 36.4 Å². The Morgan fingerprint density at radius 2 is 1.84 bits per heavy atom. The Morgan fingerprint density at radius 3 is 2.55 bits per heavy atom. The number of nitrogens with zero attached hydrogens (tertiary/aromatic N) is 3. The van der Waals surface area contributed by atoms with Gasteiger partial charge in [-0.3, -0.25) is 0 Å². The molecule has 6 heteroatoms. The van der Waals surface area contributed by atoms with Gasteiger partial charge in [-0.15, -0.1) is 0 Å². The van der Waals surface area contributed by atoms with Gasteiger partial charge in [0.25, 0.3) is 0 Å². The zero-order valence-electron chi connectivity index (χ0n) is 18.9. The maximum atomic E-state index is 13.1. The van der Waals surface area contributed by atoms with Gasteiger partial charge in [0.15, 0.2) is 0 Å². The van der Waals surface area contributed by atoms with Crippen molar-refractivity contribution in [2.45, 2.75) is 38.9 Å². The number of ether oxygens (including phenoxy) is 1. The van der Waals surface area contributed by atoms with Crippen molar-refractivity contribution in [3.63, 3.8) is 0 Å². The van der Waals surface area contributed by atoms with Crippen LogP contribution in [-0.4, -0.2) is 67.7 Å². The average molecular weight is 423 g/mol. The number of carbonyl (C=O) groups excluding carboxylic acids is 1. The molecular weight excluding hydrogens is 388 g/mol. The number of fused-ring (bicyclic) bond motifs is 1. The predicted octanol–water partition coefficient (Wildman–Crippen LogP) is 3.36. The molecule has 0 saturated carbocycles. The van der Waals surface area contributed by atoms with Gasteiger partial charge in [-0.05, 0) is 38.6 Å². The molecule has 1 N–H and O–H groups in total. The number of benzene rings is 2. The molecule has 1 fully saturated rings. The first-order valence-electron chi connectivity index (χ1n) is 11.3. The first kappa shape index (κ1) is 21.5. The van der Waals surface area contributed by atoms with Crippen molar-refractivity contribution in [1.82, 2.24) is 15.1 Å². The van der Waals surface area contributed by atoms with Crippen LogP contribution < -0.4 is 15.0 Å². The summed E-state index contributed by atoms with van der Waals surface area (Å²) in [6.07, 6.45) is 0.793. The summed E-state index contributed by atoms with van der Waals surface area (Å²) >= 11 is 0. The molecule has 166 valence electrons. The van der Waals surface area contributed by atoms with Gasteiger partial charge in [-0.2, -0.15) is 0 Å². The fraction of sp³-hybridized carbons (Fsp3) is 0.480. The molecule has 0 aromatic heterocycles. The summed E-state index contributed by atoms with van der Waals surface area (Å²) in [5, 5.41) is 3.23. The van der Waals surface area contributed by atoms with Crippen molar-refractivity contribution in [2.75, 3.05) is 44.7 Å². The summed E-state index contributed by atoms with van der Waals surface area (Å²) in [5.41, 5.74) is 3.59. The normalized spacial score (nSPS) is 19.0. The second-order valence-electron chi connectivity index (χ2n) is 8.91. The van der Waals surface area contributed by atoms with Gasteiger partial charge >= 0.3 is 6.03 Å². The van der Waals surface area contributed by atoms with E-state index in [9.17, 15) is 4.79 Å². The monoisotopic (exact) mass is 422 g/mol. The van der Waals surface area contributed by atoms with E-state index in [-0.39, 0.29) is 18.1 Å². The second-order valence-corrected chi connectivity index (χ2v) is 8.91. The van der Waals surface area contributed by atoms with Gasteiger partial charge in [0, 0.05) is 56.4 Å². The topological polar surface area (TPSA) is 48.1 Å². The number of hydrogen-bond donors (Lipinski definition) is 1. The van der Waals surface area contributed by atoms with Crippen LogP contribution in [0.2, 0.25) is 0 Å². The largest absolute Gasteiger partial charge is 0.491 e. The lowest BCUT2D eigenvalue weighted by atomic mass is 9.99. The van der Waals surface area contributed by atoms with Crippen LogP contribution in [0.1, 0.15) is 25.0 Å². The Balaban J connectivity index is 1.45. The van der Waals surface area contributed by atoms with Crippen LogP contribution in [-0.2, 0) is 13.0 Å². The molecule has 0 radical (unpaired) electrons. The maximum Gasteiger partial charge on any atom is 0.318 e. The summed E-state index contributed by atoms with van der Waals surface area (Å²) in [5.74, 6) is 0.951. The van der Waals surface area contributed by atoms with E-state index in [0.717, 1.165) is 43.9 Å². The fourth-order valence-corrected chi connectivity index (χ4v) is 4.35. The Hall–Kier alpha value is -2.73. The number of carbonyl (C=O) groups is 1. The number of rotatable bonds is 5. The molecule has 4 rings (SSSR count). The summed E-state index contributed by atoms with van der Waals surface area (Å²) in [4.78, 5) is 19.8. The molecule has 1 atom stereocenters. The molecular formula is C25H34N4O2. The molecule has 2 amide bonds. The Morgan fingerprint density at radius 1 is 1.10 bits per heavy atom. The number of likely N-dealkylation sites (N-methyl/N-ethyl adjacent to an activating group) is 1. The highest BCUT2D eigenvalue weighted by atomic mass is 16.5. The van der Waals surface area contributed by atoms with E-state index < -0.39 is 0 Å². The summed E-state index contributed by atoms with van der Waals surface area (Å²) in [6.45, 7) is 9.37. The van der Waals surface area contributed by atoms with Gasteiger partial charge in [0.05, 0.1) is 6.04 Å². The van der Waals surface area contributed by atoms with Crippen LogP contribution in [0.5, 0.6) is 5.75 Å². The number of hydrogen-bond acceptors (Lipinski definition) is 4. The highest BCUT2D eigenvalue weighted by Crippen LogP contribution is 2.34. The Kier molecular flexibility index (Phi) is 6.66. The van der Waals surface area contributed by atoms with E-state index in [0.29, 0.717) is 13.2 Å². The molecule has 2 aromatic carbocycles. The lowest BCUT2D eigenvalue weighted by molar-refractivity contribution is 0.165. The predicted molar refractivity (Wildman–Crippen MR) is 125 cm³/mol. The molecule has 2 aliphatic rings. The zero-order valence-corrected chi connectivity index (χ0v) is 18.9. The molecule has 2 aliphatic heterocycles. The summed E-state index contributed by atoms with van der Waals surface area (Å²) < 4.78 is 6.08. The Labute approximate surface area is 185 Å². The number of piperazine rings is 1. The quantitative estimate of drug-likeness (QED) is 0.803. The lowest BCUT2D eigenvalue weighted by Gasteiger charge is -2.37. The molecule has 2 aromatic rings. The second kappa shape index (κ2) is 9.60. The zero-order chi connectivity index (χ0) is 21.8. The van der Waals surface area contributed by atoms with Crippen LogP contribution in [0.25, 0.3) is 0 Å². The Bertz CT molecular complexity index is 878. The smallest absolute Gasteiger partial charge is 0.318 e. The van der Waals surface area contributed by atoms with E-state index in [4.69, 9.17) is 4.74 Å². The van der Waals surface area contributed by atoms with Gasteiger partial charge in [-0.25, -0.2) is 4.79 Å². The molecule has 0 bridgehead atoms. The highest BCUT2D eigenvalue weighted by Gasteiger charge is 2.28. The molecule has 31 heavy (non-hydrogen) atoms. The van der Waals surface area contributed by atoms with Crippen molar-refractivity contribution in [2.24, 2.45) is 0 Å². The fourth-order valence-electron chi connectivity index (χ4n) is 4.35. The van der Waals surface area contributed by atoms with Crippen molar-refractivity contribution >= 4 is 11.7 Å². The standard InChI is InChI=1S/C25H34N4O2/c1-19(2)29(17-20-8-5-4-6-9-20)25(30)26-21-16-22-23(10-7-11-24(22)31-18-21)28-14-12-27(3)13-15-28/h4-11,19,21H,12-18H2,1-3H3,(H,26,30)/t21-/m0/s1. The summed E-state index contributed by atoms with van der Waals surface area (Å²) in [6, 6.07) is 16.5. The van der Waals surface area contributed by atoms with Crippen molar-refractivity contribution < 1.29 is 9.53 Å². The van der Waals surface area contributed by atoms with Crippen molar-refractivity contribution in [3.05, 3.63) is 59.7 Å². The number of nitrogens with one attached hydrogen (secondary N) is 1. The van der Waals surface area contributed by atoms with Gasteiger partial charge in [0.1, 0.15) is 12.4 Å². The average Bonchev–Trinajstić information content (AvgIpc) is 2.78. The van der Waals surface area contributed by atoms with Crippen LogP contribution in [0, 0.1) is 0 Å². The first-order valence-corrected chi connectivity index (χ1v) is 11.3.